The average Bonchev–Trinajstić information content (AvgIpc) is 2.41. The summed E-state index contributed by atoms with van der Waals surface area (Å²) in [5.74, 6) is 0.607. The first kappa shape index (κ1) is 12.9. The normalized spacial score (nSPS) is 23.4. The van der Waals surface area contributed by atoms with Crippen molar-refractivity contribution in [2.24, 2.45) is 5.92 Å². The van der Waals surface area contributed by atoms with Crippen LogP contribution in [0.5, 0.6) is 5.75 Å². The van der Waals surface area contributed by atoms with Gasteiger partial charge in [0.15, 0.2) is 0 Å². The van der Waals surface area contributed by atoms with Crippen molar-refractivity contribution in [3.63, 3.8) is 0 Å². The third-order valence-electron chi connectivity index (χ3n) is 3.32. The average molecular weight is 248 g/mol. The number of para-hydroxylation sites is 1. The Balaban J connectivity index is 2.01. The molecule has 2 rings (SSSR count). The highest BCUT2D eigenvalue weighted by molar-refractivity contribution is 5.73. The third-order valence-corrected chi connectivity index (χ3v) is 3.32. The van der Waals surface area contributed by atoms with Crippen LogP contribution < -0.4 is 4.74 Å². The first-order valence-corrected chi connectivity index (χ1v) is 6.69. The number of esters is 1. The summed E-state index contributed by atoms with van der Waals surface area (Å²) < 4.78 is 11.1. The molecule has 0 N–H and O–H groups in total. The number of ether oxygens (including phenoxy) is 2. The van der Waals surface area contributed by atoms with Gasteiger partial charge in [-0.15, -0.1) is 0 Å². The third kappa shape index (κ3) is 3.25. The topological polar surface area (TPSA) is 35.5 Å². The first-order valence-electron chi connectivity index (χ1n) is 6.69. The fourth-order valence-corrected chi connectivity index (χ4v) is 2.43. The summed E-state index contributed by atoms with van der Waals surface area (Å²) in [6.07, 6.45) is 3.96. The second-order valence-electron chi connectivity index (χ2n) is 4.61. The van der Waals surface area contributed by atoms with Crippen LogP contribution in [-0.4, -0.2) is 18.7 Å². The standard InChI is InChI=1S/C15H20O3/c1-2-17-15(16)13-10-6-7-11-14(13)18-12-8-4-3-5-9-12/h3-5,8-9,13-14H,2,6-7,10-11H2,1H3. The van der Waals surface area contributed by atoms with Gasteiger partial charge in [0, 0.05) is 0 Å². The van der Waals surface area contributed by atoms with Gasteiger partial charge in [-0.1, -0.05) is 24.6 Å². The summed E-state index contributed by atoms with van der Waals surface area (Å²) in [4.78, 5) is 11.9. The minimum atomic E-state index is -0.113. The predicted molar refractivity (Wildman–Crippen MR) is 69.4 cm³/mol. The van der Waals surface area contributed by atoms with E-state index >= 15 is 0 Å². The Labute approximate surface area is 108 Å². The molecule has 0 amide bonds. The van der Waals surface area contributed by atoms with E-state index in [2.05, 4.69) is 0 Å². The summed E-state index contributed by atoms with van der Waals surface area (Å²) in [6, 6.07) is 9.69. The smallest absolute Gasteiger partial charge is 0.312 e. The molecule has 1 aliphatic rings. The predicted octanol–water partition coefficient (Wildman–Crippen LogP) is 3.19. The lowest BCUT2D eigenvalue weighted by atomic mass is 9.86. The minimum Gasteiger partial charge on any atom is -0.490 e. The van der Waals surface area contributed by atoms with Gasteiger partial charge < -0.3 is 9.47 Å². The molecule has 18 heavy (non-hydrogen) atoms. The van der Waals surface area contributed by atoms with Gasteiger partial charge >= 0.3 is 5.97 Å². The molecule has 98 valence electrons. The van der Waals surface area contributed by atoms with Gasteiger partial charge in [0.05, 0.1) is 12.5 Å². The molecule has 1 fully saturated rings. The lowest BCUT2D eigenvalue weighted by molar-refractivity contribution is -0.152. The Morgan fingerprint density at radius 1 is 1.22 bits per heavy atom. The summed E-state index contributed by atoms with van der Waals surface area (Å²) in [6.45, 7) is 2.28. The highest BCUT2D eigenvalue weighted by Crippen LogP contribution is 2.29. The van der Waals surface area contributed by atoms with E-state index in [4.69, 9.17) is 9.47 Å². The van der Waals surface area contributed by atoms with Crippen LogP contribution >= 0.6 is 0 Å². The number of rotatable bonds is 4. The Morgan fingerprint density at radius 2 is 1.94 bits per heavy atom. The zero-order valence-electron chi connectivity index (χ0n) is 10.8. The Kier molecular flexibility index (Phi) is 4.62. The van der Waals surface area contributed by atoms with Crippen molar-refractivity contribution in [2.45, 2.75) is 38.7 Å². The second-order valence-corrected chi connectivity index (χ2v) is 4.61. The SMILES string of the molecule is CCOC(=O)C1CCCCC1Oc1ccccc1. The van der Waals surface area contributed by atoms with Crippen LogP contribution in [-0.2, 0) is 9.53 Å². The Bertz CT molecular complexity index is 375. The number of hydrogen-bond donors (Lipinski definition) is 0. The lowest BCUT2D eigenvalue weighted by Crippen LogP contribution is -2.36. The van der Waals surface area contributed by atoms with Gasteiger partial charge in [-0.25, -0.2) is 0 Å². The first-order chi connectivity index (χ1) is 8.81. The molecule has 1 saturated carbocycles. The molecule has 0 aliphatic heterocycles. The molecule has 0 spiro atoms. The fourth-order valence-electron chi connectivity index (χ4n) is 2.43. The number of carbonyl (C=O) groups excluding carboxylic acids is 1. The second kappa shape index (κ2) is 6.43. The van der Waals surface area contributed by atoms with Crippen LogP contribution in [0.4, 0.5) is 0 Å². The highest BCUT2D eigenvalue weighted by Gasteiger charge is 2.33. The van der Waals surface area contributed by atoms with E-state index in [1.54, 1.807) is 0 Å². The van der Waals surface area contributed by atoms with Crippen molar-refractivity contribution in [3.8, 4) is 5.75 Å². The van der Waals surface area contributed by atoms with E-state index in [9.17, 15) is 4.79 Å². The maximum Gasteiger partial charge on any atom is 0.312 e. The van der Waals surface area contributed by atoms with Crippen molar-refractivity contribution < 1.29 is 14.3 Å². The molecule has 3 nitrogen and oxygen atoms in total. The van der Waals surface area contributed by atoms with Crippen molar-refractivity contribution >= 4 is 5.97 Å². The lowest BCUT2D eigenvalue weighted by Gasteiger charge is -2.30. The van der Waals surface area contributed by atoms with Gasteiger partial charge in [-0.2, -0.15) is 0 Å². The van der Waals surface area contributed by atoms with Crippen molar-refractivity contribution in [1.29, 1.82) is 0 Å². The Hall–Kier alpha value is -1.51. The summed E-state index contributed by atoms with van der Waals surface area (Å²) >= 11 is 0. The van der Waals surface area contributed by atoms with Crippen LogP contribution in [0, 0.1) is 5.92 Å². The van der Waals surface area contributed by atoms with Crippen LogP contribution in [0.15, 0.2) is 30.3 Å². The molecule has 2 atom stereocenters. The van der Waals surface area contributed by atoms with Crippen LogP contribution in [0.3, 0.4) is 0 Å². The number of carbonyl (C=O) groups is 1. The number of hydrogen-bond acceptors (Lipinski definition) is 3. The molecule has 0 saturated heterocycles. The molecule has 2 unspecified atom stereocenters. The van der Waals surface area contributed by atoms with Gasteiger partial charge in [0.25, 0.3) is 0 Å². The van der Waals surface area contributed by atoms with Gasteiger partial charge in [-0.3, -0.25) is 4.79 Å². The fraction of sp³-hybridized carbons (Fsp3) is 0.533. The molecule has 0 aromatic heterocycles. The summed E-state index contributed by atoms with van der Waals surface area (Å²) in [7, 11) is 0. The van der Waals surface area contributed by atoms with E-state index in [0.717, 1.165) is 31.4 Å². The molecule has 0 bridgehead atoms. The summed E-state index contributed by atoms with van der Waals surface area (Å²) in [5, 5.41) is 0. The number of benzene rings is 1. The molecule has 1 aromatic carbocycles. The van der Waals surface area contributed by atoms with Gasteiger partial charge in [0.2, 0.25) is 0 Å². The molecular formula is C15H20O3. The van der Waals surface area contributed by atoms with E-state index in [1.165, 1.54) is 0 Å². The minimum absolute atomic E-state index is 0.0415. The van der Waals surface area contributed by atoms with E-state index in [0.29, 0.717) is 6.61 Å². The van der Waals surface area contributed by atoms with Gasteiger partial charge in [-0.05, 0) is 38.3 Å². The van der Waals surface area contributed by atoms with Crippen molar-refractivity contribution in [3.05, 3.63) is 30.3 Å². The van der Waals surface area contributed by atoms with Crippen molar-refractivity contribution in [2.75, 3.05) is 6.61 Å². The molecule has 1 aliphatic carbocycles. The van der Waals surface area contributed by atoms with Crippen LogP contribution in [0.25, 0.3) is 0 Å². The zero-order valence-corrected chi connectivity index (χ0v) is 10.8. The van der Waals surface area contributed by atoms with Gasteiger partial charge in [0.1, 0.15) is 11.9 Å². The zero-order chi connectivity index (χ0) is 12.8. The van der Waals surface area contributed by atoms with Crippen LogP contribution in [0.2, 0.25) is 0 Å². The maximum atomic E-state index is 11.9. The molecule has 1 aromatic rings. The molecule has 0 heterocycles. The van der Waals surface area contributed by atoms with E-state index in [1.807, 2.05) is 37.3 Å². The summed E-state index contributed by atoms with van der Waals surface area (Å²) in [5.41, 5.74) is 0. The molecular weight excluding hydrogens is 228 g/mol. The maximum absolute atomic E-state index is 11.9. The highest BCUT2D eigenvalue weighted by atomic mass is 16.5. The quantitative estimate of drug-likeness (QED) is 0.768. The largest absolute Gasteiger partial charge is 0.490 e. The van der Waals surface area contributed by atoms with Crippen LogP contribution in [0.1, 0.15) is 32.6 Å². The van der Waals surface area contributed by atoms with E-state index in [-0.39, 0.29) is 18.0 Å². The van der Waals surface area contributed by atoms with Crippen molar-refractivity contribution in [1.82, 2.24) is 0 Å². The monoisotopic (exact) mass is 248 g/mol. The molecule has 0 radical (unpaired) electrons. The molecule has 3 heteroatoms. The van der Waals surface area contributed by atoms with E-state index < -0.39 is 0 Å². The Morgan fingerprint density at radius 3 is 2.67 bits per heavy atom.